The van der Waals surface area contributed by atoms with Gasteiger partial charge in [0.25, 0.3) is 0 Å². The van der Waals surface area contributed by atoms with Crippen LogP contribution in [0, 0.1) is 11.8 Å². The van der Waals surface area contributed by atoms with E-state index in [9.17, 15) is 4.79 Å². The third-order valence-corrected chi connectivity index (χ3v) is 5.72. The lowest BCUT2D eigenvalue weighted by atomic mass is 9.95. The normalized spacial score (nSPS) is 32.1. The molecule has 3 aliphatic rings. The zero-order valence-electron chi connectivity index (χ0n) is 13.3. The Kier molecular flexibility index (Phi) is 4.95. The van der Waals surface area contributed by atoms with Crippen molar-refractivity contribution in [1.29, 1.82) is 0 Å². The van der Waals surface area contributed by atoms with Crippen molar-refractivity contribution in [2.45, 2.75) is 37.8 Å². The van der Waals surface area contributed by atoms with Crippen molar-refractivity contribution < 1.29 is 9.53 Å². The van der Waals surface area contributed by atoms with Crippen molar-refractivity contribution in [3.05, 3.63) is 35.4 Å². The van der Waals surface area contributed by atoms with Crippen molar-refractivity contribution in [2.24, 2.45) is 17.6 Å². The number of nitrogens with zero attached hydrogens (tertiary/aromatic N) is 1. The van der Waals surface area contributed by atoms with Gasteiger partial charge in [-0.15, -0.1) is 12.4 Å². The highest BCUT2D eigenvalue weighted by Crippen LogP contribution is 2.38. The van der Waals surface area contributed by atoms with Crippen LogP contribution in [-0.2, 0) is 16.0 Å². The molecule has 23 heavy (non-hydrogen) atoms. The highest BCUT2D eigenvalue weighted by Gasteiger charge is 2.42. The van der Waals surface area contributed by atoms with Gasteiger partial charge in [0.2, 0.25) is 5.91 Å². The van der Waals surface area contributed by atoms with E-state index in [1.807, 2.05) is 11.0 Å². The second kappa shape index (κ2) is 6.80. The number of hydrogen-bond donors (Lipinski definition) is 1. The van der Waals surface area contributed by atoms with E-state index >= 15 is 0 Å². The van der Waals surface area contributed by atoms with Crippen molar-refractivity contribution in [3.63, 3.8) is 0 Å². The van der Waals surface area contributed by atoms with Gasteiger partial charge < -0.3 is 15.4 Å². The quantitative estimate of drug-likeness (QED) is 0.901. The fourth-order valence-corrected chi connectivity index (χ4v) is 4.44. The second-order valence-corrected chi connectivity index (χ2v) is 6.98. The first-order valence-corrected chi connectivity index (χ1v) is 8.45. The first-order chi connectivity index (χ1) is 10.7. The largest absolute Gasteiger partial charge is 0.373 e. The molecule has 0 aromatic heterocycles. The van der Waals surface area contributed by atoms with Crippen molar-refractivity contribution in [1.82, 2.24) is 4.90 Å². The van der Waals surface area contributed by atoms with Crippen LogP contribution in [0.25, 0.3) is 0 Å². The van der Waals surface area contributed by atoms with Crippen LogP contribution < -0.4 is 5.73 Å². The predicted molar refractivity (Wildman–Crippen MR) is 91.5 cm³/mol. The van der Waals surface area contributed by atoms with Gasteiger partial charge in [-0.3, -0.25) is 4.79 Å². The third kappa shape index (κ3) is 3.12. The number of fused-ring (bicyclic) bond motifs is 2. The standard InChI is InChI=1S/C18H24N2O2.ClH/c19-16-6-5-13-10-20(11-15(13)16)18(21)9-17-14-4-2-1-3-12(14)7-8-22-17;/h1-4,13,15-17H,5-11,19H2;1H. The number of amides is 1. The van der Waals surface area contributed by atoms with Gasteiger partial charge >= 0.3 is 0 Å². The first-order valence-electron chi connectivity index (χ1n) is 8.45. The third-order valence-electron chi connectivity index (χ3n) is 5.72. The summed E-state index contributed by atoms with van der Waals surface area (Å²) in [4.78, 5) is 14.7. The molecule has 0 spiro atoms. The Morgan fingerprint density at radius 2 is 2.09 bits per heavy atom. The fourth-order valence-electron chi connectivity index (χ4n) is 4.44. The maximum absolute atomic E-state index is 12.7. The zero-order valence-corrected chi connectivity index (χ0v) is 14.1. The molecule has 1 aliphatic carbocycles. The molecule has 126 valence electrons. The number of halogens is 1. The number of likely N-dealkylation sites (tertiary alicyclic amines) is 1. The molecule has 1 aromatic carbocycles. The molecule has 2 aliphatic heterocycles. The molecule has 1 aromatic rings. The van der Waals surface area contributed by atoms with Crippen LogP contribution in [0.4, 0.5) is 0 Å². The van der Waals surface area contributed by atoms with E-state index in [1.165, 1.54) is 17.5 Å². The molecule has 1 saturated carbocycles. The first kappa shape index (κ1) is 16.7. The molecule has 1 amide bonds. The summed E-state index contributed by atoms with van der Waals surface area (Å²) in [6, 6.07) is 8.63. The lowest BCUT2D eigenvalue weighted by Gasteiger charge is -2.27. The van der Waals surface area contributed by atoms with Gasteiger partial charge in [-0.25, -0.2) is 0 Å². The van der Waals surface area contributed by atoms with Crippen molar-refractivity contribution in [2.75, 3.05) is 19.7 Å². The van der Waals surface area contributed by atoms with Crippen LogP contribution in [0.1, 0.15) is 36.5 Å². The minimum Gasteiger partial charge on any atom is -0.373 e. The minimum absolute atomic E-state index is 0. The van der Waals surface area contributed by atoms with Gasteiger partial charge in [0.1, 0.15) is 0 Å². The second-order valence-electron chi connectivity index (χ2n) is 6.98. The van der Waals surface area contributed by atoms with Crippen LogP contribution in [-0.4, -0.2) is 36.5 Å². The molecule has 2 fully saturated rings. The molecule has 4 rings (SSSR count). The van der Waals surface area contributed by atoms with Gasteiger partial charge in [-0.05, 0) is 42.2 Å². The molecule has 2 heterocycles. The summed E-state index contributed by atoms with van der Waals surface area (Å²) in [6.45, 7) is 2.45. The number of nitrogens with two attached hydrogens (primary N) is 1. The van der Waals surface area contributed by atoms with E-state index in [0.717, 1.165) is 25.9 Å². The van der Waals surface area contributed by atoms with Gasteiger partial charge in [-0.2, -0.15) is 0 Å². The van der Waals surface area contributed by atoms with Gasteiger partial charge in [-0.1, -0.05) is 24.3 Å². The number of hydrogen-bond acceptors (Lipinski definition) is 3. The number of ether oxygens (including phenoxy) is 1. The number of benzene rings is 1. The molecule has 2 N–H and O–H groups in total. The molecule has 0 radical (unpaired) electrons. The summed E-state index contributed by atoms with van der Waals surface area (Å²) in [6.07, 6.45) is 3.64. The summed E-state index contributed by atoms with van der Waals surface area (Å²) in [5.41, 5.74) is 8.69. The molecule has 4 nitrogen and oxygen atoms in total. The lowest BCUT2D eigenvalue weighted by Crippen LogP contribution is -2.34. The average molecular weight is 337 g/mol. The van der Waals surface area contributed by atoms with Crippen LogP contribution in [0.5, 0.6) is 0 Å². The lowest BCUT2D eigenvalue weighted by molar-refractivity contribution is -0.134. The summed E-state index contributed by atoms with van der Waals surface area (Å²) in [5.74, 6) is 1.37. The maximum Gasteiger partial charge on any atom is 0.225 e. The van der Waals surface area contributed by atoms with Gasteiger partial charge in [0, 0.05) is 19.1 Å². The molecule has 1 saturated heterocycles. The molecular weight excluding hydrogens is 312 g/mol. The van der Waals surface area contributed by atoms with E-state index in [0.29, 0.717) is 24.9 Å². The van der Waals surface area contributed by atoms with Crippen LogP contribution in [0.15, 0.2) is 24.3 Å². The van der Waals surface area contributed by atoms with Crippen molar-refractivity contribution >= 4 is 18.3 Å². The van der Waals surface area contributed by atoms with E-state index < -0.39 is 0 Å². The number of carbonyl (C=O) groups excluding carboxylic acids is 1. The summed E-state index contributed by atoms with van der Waals surface area (Å²) < 4.78 is 5.88. The average Bonchev–Trinajstić information content (AvgIpc) is 3.10. The Labute approximate surface area is 143 Å². The Hall–Kier alpha value is -1.10. The van der Waals surface area contributed by atoms with Crippen molar-refractivity contribution in [3.8, 4) is 0 Å². The van der Waals surface area contributed by atoms with E-state index in [2.05, 4.69) is 18.2 Å². The van der Waals surface area contributed by atoms with Gasteiger partial charge in [0.15, 0.2) is 0 Å². The topological polar surface area (TPSA) is 55.6 Å². The highest BCUT2D eigenvalue weighted by atomic mass is 35.5. The molecule has 0 bridgehead atoms. The van der Waals surface area contributed by atoms with Crippen LogP contribution in [0.3, 0.4) is 0 Å². The molecule has 5 heteroatoms. The Morgan fingerprint density at radius 1 is 1.26 bits per heavy atom. The Bertz CT molecular complexity index is 580. The Morgan fingerprint density at radius 3 is 2.91 bits per heavy atom. The summed E-state index contributed by atoms with van der Waals surface area (Å²) >= 11 is 0. The predicted octanol–water partition coefficient (Wildman–Crippen LogP) is 2.31. The van der Waals surface area contributed by atoms with E-state index in [1.54, 1.807) is 0 Å². The monoisotopic (exact) mass is 336 g/mol. The van der Waals surface area contributed by atoms with E-state index in [-0.39, 0.29) is 30.5 Å². The molecular formula is C18H25ClN2O2. The molecule has 4 unspecified atom stereocenters. The Balaban J connectivity index is 0.00000156. The minimum atomic E-state index is -0.0773. The smallest absolute Gasteiger partial charge is 0.225 e. The molecule has 4 atom stereocenters. The highest BCUT2D eigenvalue weighted by molar-refractivity contribution is 5.85. The number of rotatable bonds is 2. The van der Waals surface area contributed by atoms with Crippen LogP contribution in [0.2, 0.25) is 0 Å². The maximum atomic E-state index is 12.7. The summed E-state index contributed by atoms with van der Waals surface area (Å²) in [7, 11) is 0. The SMILES string of the molecule is Cl.NC1CCC2CN(C(=O)CC3OCCc4ccccc43)CC12. The van der Waals surface area contributed by atoms with E-state index in [4.69, 9.17) is 10.5 Å². The fraction of sp³-hybridized carbons (Fsp3) is 0.611. The zero-order chi connectivity index (χ0) is 15.1. The summed E-state index contributed by atoms with van der Waals surface area (Å²) in [5, 5.41) is 0. The number of carbonyl (C=O) groups is 1. The van der Waals surface area contributed by atoms with Gasteiger partial charge in [0.05, 0.1) is 19.1 Å². The van der Waals surface area contributed by atoms with Crippen LogP contribution >= 0.6 is 12.4 Å².